The zero-order chi connectivity index (χ0) is 11.1. The number of ether oxygens (including phenoxy) is 1. The molecule has 0 fully saturated rings. The maximum atomic E-state index is 5.91. The second-order valence-corrected chi connectivity index (χ2v) is 3.65. The Bertz CT molecular complexity index is 360. The summed E-state index contributed by atoms with van der Waals surface area (Å²) >= 11 is 11.7. The number of rotatable bonds is 5. The highest BCUT2D eigenvalue weighted by Crippen LogP contribution is 2.27. The van der Waals surface area contributed by atoms with Gasteiger partial charge in [-0.1, -0.05) is 29.1 Å². The molecule has 0 saturated carbocycles. The molecular formula is C11H11Cl2NO. The van der Waals surface area contributed by atoms with Crippen molar-refractivity contribution in [2.45, 2.75) is 0 Å². The summed E-state index contributed by atoms with van der Waals surface area (Å²) < 4.78 is 5.42. The summed E-state index contributed by atoms with van der Waals surface area (Å²) in [6.45, 7) is 1.74. The van der Waals surface area contributed by atoms with Crippen LogP contribution >= 0.6 is 23.2 Å². The first-order chi connectivity index (χ1) is 7.24. The first-order valence-electron chi connectivity index (χ1n) is 4.46. The number of hydrogen-bond acceptors (Lipinski definition) is 2. The van der Waals surface area contributed by atoms with Gasteiger partial charge >= 0.3 is 0 Å². The van der Waals surface area contributed by atoms with E-state index in [2.05, 4.69) is 11.2 Å². The van der Waals surface area contributed by atoms with Crippen LogP contribution in [0, 0.1) is 12.3 Å². The predicted molar refractivity (Wildman–Crippen MR) is 63.7 cm³/mol. The lowest BCUT2D eigenvalue weighted by atomic mass is 10.3. The van der Waals surface area contributed by atoms with Crippen molar-refractivity contribution in [1.82, 2.24) is 5.32 Å². The minimum Gasteiger partial charge on any atom is -0.491 e. The molecule has 0 bridgehead atoms. The Morgan fingerprint density at radius 2 is 2.20 bits per heavy atom. The van der Waals surface area contributed by atoms with Crippen LogP contribution in [0.1, 0.15) is 0 Å². The fourth-order valence-electron chi connectivity index (χ4n) is 0.986. The quantitative estimate of drug-likeness (QED) is 0.635. The summed E-state index contributed by atoms with van der Waals surface area (Å²) in [7, 11) is 0. The number of benzene rings is 1. The highest BCUT2D eigenvalue weighted by atomic mass is 35.5. The van der Waals surface area contributed by atoms with Crippen LogP contribution in [0.3, 0.4) is 0 Å². The molecule has 0 unspecified atom stereocenters. The van der Waals surface area contributed by atoms with Crippen LogP contribution in [0.5, 0.6) is 5.75 Å². The van der Waals surface area contributed by atoms with E-state index in [4.69, 9.17) is 34.4 Å². The Morgan fingerprint density at radius 3 is 2.87 bits per heavy atom. The molecule has 2 nitrogen and oxygen atoms in total. The van der Waals surface area contributed by atoms with Crippen molar-refractivity contribution >= 4 is 23.2 Å². The minimum atomic E-state index is 0.513. The molecule has 0 amide bonds. The van der Waals surface area contributed by atoms with Gasteiger partial charge in [-0.05, 0) is 18.2 Å². The Hall–Kier alpha value is -0.880. The number of terminal acetylenes is 1. The van der Waals surface area contributed by atoms with Gasteiger partial charge in [-0.15, -0.1) is 6.42 Å². The summed E-state index contributed by atoms with van der Waals surface area (Å²) in [5.74, 6) is 3.10. The minimum absolute atomic E-state index is 0.513. The first-order valence-corrected chi connectivity index (χ1v) is 5.21. The number of hydrogen-bond donors (Lipinski definition) is 1. The van der Waals surface area contributed by atoms with E-state index in [0.29, 0.717) is 35.5 Å². The molecule has 0 aliphatic heterocycles. The van der Waals surface area contributed by atoms with Gasteiger partial charge in [-0.25, -0.2) is 0 Å². The van der Waals surface area contributed by atoms with Gasteiger partial charge in [0.05, 0.1) is 11.6 Å². The highest BCUT2D eigenvalue weighted by Gasteiger charge is 2.01. The molecule has 0 aliphatic rings. The molecule has 15 heavy (non-hydrogen) atoms. The molecule has 0 aliphatic carbocycles. The van der Waals surface area contributed by atoms with E-state index in [1.54, 1.807) is 18.2 Å². The standard InChI is InChI=1S/C11H11Cl2NO/c1-2-5-14-6-7-15-11-4-3-9(12)8-10(11)13/h1,3-4,8,14H,5-7H2. The summed E-state index contributed by atoms with van der Waals surface area (Å²) in [4.78, 5) is 0. The SMILES string of the molecule is C#CCNCCOc1ccc(Cl)cc1Cl. The van der Waals surface area contributed by atoms with Crippen molar-refractivity contribution in [2.24, 2.45) is 0 Å². The summed E-state index contributed by atoms with van der Waals surface area (Å²) in [5, 5.41) is 4.11. The van der Waals surface area contributed by atoms with Crippen LogP contribution in [0.2, 0.25) is 10.0 Å². The van der Waals surface area contributed by atoms with Crippen molar-refractivity contribution in [3.63, 3.8) is 0 Å². The molecule has 1 aromatic rings. The summed E-state index contributed by atoms with van der Waals surface area (Å²) in [6.07, 6.45) is 5.07. The molecule has 0 saturated heterocycles. The normalized spacial score (nSPS) is 9.67. The third-order valence-electron chi connectivity index (χ3n) is 1.66. The van der Waals surface area contributed by atoms with Gasteiger partial charge in [-0.2, -0.15) is 0 Å². The molecule has 0 atom stereocenters. The van der Waals surface area contributed by atoms with Crippen molar-refractivity contribution in [3.8, 4) is 18.1 Å². The van der Waals surface area contributed by atoms with E-state index in [1.807, 2.05) is 0 Å². The fraction of sp³-hybridized carbons (Fsp3) is 0.273. The molecule has 0 heterocycles. The van der Waals surface area contributed by atoms with Gasteiger partial charge in [0.25, 0.3) is 0 Å². The maximum absolute atomic E-state index is 5.91. The van der Waals surface area contributed by atoms with E-state index in [9.17, 15) is 0 Å². The molecular weight excluding hydrogens is 233 g/mol. The van der Waals surface area contributed by atoms with Crippen molar-refractivity contribution in [1.29, 1.82) is 0 Å². The van der Waals surface area contributed by atoms with Crippen LogP contribution in [0.15, 0.2) is 18.2 Å². The Labute approximate surface area is 99.5 Å². The second kappa shape index (κ2) is 6.58. The fourth-order valence-corrected chi connectivity index (χ4v) is 1.45. The average Bonchev–Trinajstić information content (AvgIpc) is 2.20. The molecule has 1 aromatic carbocycles. The molecule has 1 N–H and O–H groups in total. The Kier molecular flexibility index (Phi) is 5.34. The van der Waals surface area contributed by atoms with E-state index in [1.165, 1.54) is 0 Å². The van der Waals surface area contributed by atoms with Gasteiger partial charge < -0.3 is 10.1 Å². The molecule has 4 heteroatoms. The van der Waals surface area contributed by atoms with Gasteiger partial charge in [0.2, 0.25) is 0 Å². The topological polar surface area (TPSA) is 21.3 Å². The van der Waals surface area contributed by atoms with E-state index in [-0.39, 0.29) is 0 Å². The van der Waals surface area contributed by atoms with Gasteiger partial charge in [0, 0.05) is 11.6 Å². The molecule has 80 valence electrons. The van der Waals surface area contributed by atoms with Gasteiger partial charge in [0.15, 0.2) is 0 Å². The predicted octanol–water partition coefficient (Wildman–Crippen LogP) is 2.60. The van der Waals surface area contributed by atoms with Crippen LogP contribution in [-0.2, 0) is 0 Å². The second-order valence-electron chi connectivity index (χ2n) is 2.80. The Morgan fingerprint density at radius 1 is 1.40 bits per heavy atom. The smallest absolute Gasteiger partial charge is 0.138 e. The van der Waals surface area contributed by atoms with E-state index < -0.39 is 0 Å². The van der Waals surface area contributed by atoms with Crippen molar-refractivity contribution in [3.05, 3.63) is 28.2 Å². The van der Waals surface area contributed by atoms with Crippen LogP contribution < -0.4 is 10.1 Å². The number of halogens is 2. The molecule has 0 spiro atoms. The van der Waals surface area contributed by atoms with Crippen molar-refractivity contribution in [2.75, 3.05) is 19.7 Å². The van der Waals surface area contributed by atoms with Crippen molar-refractivity contribution < 1.29 is 4.74 Å². The van der Waals surface area contributed by atoms with E-state index >= 15 is 0 Å². The average molecular weight is 244 g/mol. The van der Waals surface area contributed by atoms with E-state index in [0.717, 1.165) is 0 Å². The van der Waals surface area contributed by atoms with Gasteiger partial charge in [-0.3, -0.25) is 0 Å². The third-order valence-corrected chi connectivity index (χ3v) is 2.19. The molecule has 1 rings (SSSR count). The highest BCUT2D eigenvalue weighted by molar-refractivity contribution is 6.35. The lowest BCUT2D eigenvalue weighted by molar-refractivity contribution is 0.317. The van der Waals surface area contributed by atoms with Crippen LogP contribution in [0.25, 0.3) is 0 Å². The lowest BCUT2D eigenvalue weighted by Crippen LogP contribution is -2.21. The molecule has 0 radical (unpaired) electrons. The van der Waals surface area contributed by atoms with Gasteiger partial charge in [0.1, 0.15) is 12.4 Å². The number of nitrogens with one attached hydrogen (secondary N) is 1. The van der Waals surface area contributed by atoms with Crippen LogP contribution in [-0.4, -0.2) is 19.7 Å². The zero-order valence-electron chi connectivity index (χ0n) is 8.09. The third kappa shape index (κ3) is 4.44. The summed E-state index contributed by atoms with van der Waals surface area (Å²) in [5.41, 5.74) is 0. The lowest BCUT2D eigenvalue weighted by Gasteiger charge is -2.07. The molecule has 0 aromatic heterocycles. The maximum Gasteiger partial charge on any atom is 0.138 e. The summed E-state index contributed by atoms with van der Waals surface area (Å²) in [6, 6.07) is 5.12. The van der Waals surface area contributed by atoms with Crippen LogP contribution in [0.4, 0.5) is 0 Å². The Balaban J connectivity index is 2.35. The largest absolute Gasteiger partial charge is 0.491 e. The first kappa shape index (κ1) is 12.2. The monoisotopic (exact) mass is 243 g/mol. The zero-order valence-corrected chi connectivity index (χ0v) is 9.61.